The van der Waals surface area contributed by atoms with Crippen LogP contribution in [0.15, 0.2) is 78.0 Å². The molecule has 0 radical (unpaired) electrons. The van der Waals surface area contributed by atoms with Gasteiger partial charge in [-0.15, -0.1) is 11.8 Å². The molecule has 2 unspecified atom stereocenters. The van der Waals surface area contributed by atoms with Crippen molar-refractivity contribution in [2.24, 2.45) is 0 Å². The summed E-state index contributed by atoms with van der Waals surface area (Å²) in [6.45, 7) is 3.64. The average Bonchev–Trinajstić information content (AvgIpc) is 3.23. The molecule has 6 nitrogen and oxygen atoms in total. The van der Waals surface area contributed by atoms with E-state index in [1.807, 2.05) is 37.3 Å². The molecule has 0 aliphatic rings. The van der Waals surface area contributed by atoms with E-state index in [0.717, 1.165) is 4.90 Å². The van der Waals surface area contributed by atoms with Crippen LogP contribution in [0.2, 0.25) is 0 Å². The second kappa shape index (κ2) is 9.23. The summed E-state index contributed by atoms with van der Waals surface area (Å²) < 4.78 is 1.59. The number of hydrogen-bond acceptors (Lipinski definition) is 4. The zero-order valence-corrected chi connectivity index (χ0v) is 16.5. The van der Waals surface area contributed by atoms with Crippen LogP contribution in [0.5, 0.6) is 0 Å². The summed E-state index contributed by atoms with van der Waals surface area (Å²) in [5.41, 5.74) is 1.25. The van der Waals surface area contributed by atoms with E-state index in [2.05, 4.69) is 15.7 Å². The van der Waals surface area contributed by atoms with Crippen molar-refractivity contribution >= 4 is 35.0 Å². The molecule has 0 spiro atoms. The largest absolute Gasteiger partial charge is 0.325 e. The Morgan fingerprint density at radius 2 is 1.61 bits per heavy atom. The predicted molar refractivity (Wildman–Crippen MR) is 112 cm³/mol. The summed E-state index contributed by atoms with van der Waals surface area (Å²) in [5.74, 6) is -0.276. The first-order chi connectivity index (χ1) is 13.5. The van der Waals surface area contributed by atoms with Gasteiger partial charge in [0.25, 0.3) is 0 Å². The lowest BCUT2D eigenvalue weighted by Gasteiger charge is -2.15. The molecule has 0 bridgehead atoms. The van der Waals surface area contributed by atoms with E-state index in [4.69, 9.17) is 0 Å². The van der Waals surface area contributed by atoms with Crippen molar-refractivity contribution < 1.29 is 9.59 Å². The molecule has 28 heavy (non-hydrogen) atoms. The van der Waals surface area contributed by atoms with Crippen molar-refractivity contribution in [2.45, 2.75) is 30.0 Å². The first-order valence-corrected chi connectivity index (χ1v) is 9.83. The molecule has 3 rings (SSSR count). The van der Waals surface area contributed by atoms with Gasteiger partial charge in [0.2, 0.25) is 11.8 Å². The Balaban J connectivity index is 1.59. The highest BCUT2D eigenvalue weighted by molar-refractivity contribution is 8.00. The van der Waals surface area contributed by atoms with Crippen LogP contribution in [0.1, 0.15) is 19.9 Å². The van der Waals surface area contributed by atoms with Gasteiger partial charge in [0, 0.05) is 28.7 Å². The monoisotopic (exact) mass is 394 g/mol. The van der Waals surface area contributed by atoms with Gasteiger partial charge >= 0.3 is 0 Å². The van der Waals surface area contributed by atoms with Gasteiger partial charge in [0.1, 0.15) is 6.04 Å². The third kappa shape index (κ3) is 5.23. The number of aromatic nitrogens is 2. The molecular weight excluding hydrogens is 372 g/mol. The minimum atomic E-state index is -0.435. The molecule has 2 N–H and O–H groups in total. The van der Waals surface area contributed by atoms with Crippen LogP contribution in [0.4, 0.5) is 11.4 Å². The van der Waals surface area contributed by atoms with Crippen LogP contribution in [0.3, 0.4) is 0 Å². The van der Waals surface area contributed by atoms with E-state index < -0.39 is 6.04 Å². The molecule has 2 amide bonds. The third-order valence-corrected chi connectivity index (χ3v) is 5.24. The summed E-state index contributed by atoms with van der Waals surface area (Å²) >= 11 is 1.50. The smallest absolute Gasteiger partial charge is 0.248 e. The Morgan fingerprint density at radius 1 is 0.929 bits per heavy atom. The van der Waals surface area contributed by atoms with E-state index in [1.54, 1.807) is 54.3 Å². The molecule has 3 aromatic rings. The maximum Gasteiger partial charge on any atom is 0.248 e. The van der Waals surface area contributed by atoms with Crippen molar-refractivity contribution in [1.29, 1.82) is 0 Å². The van der Waals surface area contributed by atoms with Crippen molar-refractivity contribution in [3.8, 4) is 0 Å². The SMILES string of the molecule is CC(Sc1ccccc1)C(=O)Nc1cccc(NC(=O)C(C)n2cccn2)c1. The summed E-state index contributed by atoms with van der Waals surface area (Å²) in [5, 5.41) is 9.60. The van der Waals surface area contributed by atoms with Crippen molar-refractivity contribution in [3.63, 3.8) is 0 Å². The quantitative estimate of drug-likeness (QED) is 0.589. The number of rotatable bonds is 7. The highest BCUT2D eigenvalue weighted by atomic mass is 32.2. The number of carbonyl (C=O) groups is 2. The molecule has 0 aliphatic carbocycles. The maximum absolute atomic E-state index is 12.5. The van der Waals surface area contributed by atoms with E-state index >= 15 is 0 Å². The van der Waals surface area contributed by atoms with E-state index in [0.29, 0.717) is 11.4 Å². The number of nitrogens with zero attached hydrogens (tertiary/aromatic N) is 2. The minimum Gasteiger partial charge on any atom is -0.325 e. The third-order valence-electron chi connectivity index (χ3n) is 4.12. The minimum absolute atomic E-state index is 0.0951. The van der Waals surface area contributed by atoms with Gasteiger partial charge in [-0.25, -0.2) is 0 Å². The van der Waals surface area contributed by atoms with Crippen LogP contribution in [0.25, 0.3) is 0 Å². The fraction of sp³-hybridized carbons (Fsp3) is 0.190. The van der Waals surface area contributed by atoms with Gasteiger partial charge < -0.3 is 10.6 Å². The fourth-order valence-corrected chi connectivity index (χ4v) is 3.44. The molecule has 0 aliphatic heterocycles. The molecule has 0 fully saturated rings. The molecule has 2 atom stereocenters. The van der Waals surface area contributed by atoms with Crippen molar-refractivity contribution in [2.75, 3.05) is 10.6 Å². The van der Waals surface area contributed by atoms with Crippen LogP contribution >= 0.6 is 11.8 Å². The van der Waals surface area contributed by atoms with Gasteiger partial charge in [-0.05, 0) is 50.2 Å². The van der Waals surface area contributed by atoms with Gasteiger partial charge in [-0.3, -0.25) is 14.3 Å². The standard InChI is InChI=1S/C21H22N4O2S/c1-15(25-13-7-12-22-25)20(26)23-17-8-6-9-18(14-17)24-21(27)16(2)28-19-10-4-3-5-11-19/h3-16H,1-2H3,(H,23,26)(H,24,27). The van der Waals surface area contributed by atoms with Gasteiger partial charge in [0.05, 0.1) is 5.25 Å². The van der Waals surface area contributed by atoms with Crippen LogP contribution in [-0.4, -0.2) is 26.8 Å². The number of anilines is 2. The van der Waals surface area contributed by atoms with Crippen molar-refractivity contribution in [3.05, 3.63) is 73.1 Å². The first-order valence-electron chi connectivity index (χ1n) is 8.95. The molecule has 1 heterocycles. The summed E-state index contributed by atoms with van der Waals surface area (Å²) in [6, 6.07) is 18.2. The highest BCUT2D eigenvalue weighted by Gasteiger charge is 2.17. The van der Waals surface area contributed by atoms with E-state index in [9.17, 15) is 9.59 Å². The average molecular weight is 395 g/mol. The topological polar surface area (TPSA) is 76.0 Å². The number of thioether (sulfide) groups is 1. The summed E-state index contributed by atoms with van der Waals surface area (Å²) in [6.07, 6.45) is 3.38. The molecule has 0 saturated carbocycles. The number of amides is 2. The van der Waals surface area contributed by atoms with Gasteiger partial charge in [-0.1, -0.05) is 24.3 Å². The normalized spacial score (nSPS) is 12.8. The van der Waals surface area contributed by atoms with Crippen molar-refractivity contribution in [1.82, 2.24) is 9.78 Å². The van der Waals surface area contributed by atoms with Gasteiger partial charge in [-0.2, -0.15) is 5.10 Å². The van der Waals surface area contributed by atoms with E-state index in [1.165, 1.54) is 11.8 Å². The van der Waals surface area contributed by atoms with E-state index in [-0.39, 0.29) is 17.1 Å². The van der Waals surface area contributed by atoms with Gasteiger partial charge in [0.15, 0.2) is 0 Å². The number of hydrogen-bond donors (Lipinski definition) is 2. The number of benzene rings is 2. The Hall–Kier alpha value is -3.06. The second-order valence-corrected chi connectivity index (χ2v) is 7.71. The molecule has 144 valence electrons. The summed E-state index contributed by atoms with van der Waals surface area (Å²) in [4.78, 5) is 25.9. The van der Waals surface area contributed by atoms with Crippen LogP contribution in [0, 0.1) is 0 Å². The zero-order valence-electron chi connectivity index (χ0n) is 15.7. The first kappa shape index (κ1) is 19.7. The lowest BCUT2D eigenvalue weighted by molar-refractivity contribution is -0.119. The maximum atomic E-state index is 12.5. The molecule has 1 aromatic heterocycles. The van der Waals surface area contributed by atoms with Crippen LogP contribution in [-0.2, 0) is 9.59 Å². The molecular formula is C21H22N4O2S. The molecule has 0 saturated heterocycles. The number of nitrogens with one attached hydrogen (secondary N) is 2. The van der Waals surface area contributed by atoms with Crippen LogP contribution < -0.4 is 10.6 Å². The lowest BCUT2D eigenvalue weighted by Crippen LogP contribution is -2.24. The highest BCUT2D eigenvalue weighted by Crippen LogP contribution is 2.24. The number of carbonyl (C=O) groups excluding carboxylic acids is 2. The summed E-state index contributed by atoms with van der Waals surface area (Å²) in [7, 11) is 0. The fourth-order valence-electron chi connectivity index (χ4n) is 2.55. The Bertz CT molecular complexity index is 929. The predicted octanol–water partition coefficient (Wildman–Crippen LogP) is 4.20. The Morgan fingerprint density at radius 3 is 2.25 bits per heavy atom. The zero-order chi connectivity index (χ0) is 19.9. The Labute approximate surface area is 168 Å². The second-order valence-electron chi connectivity index (χ2n) is 6.29. The molecule has 7 heteroatoms. The molecule has 2 aromatic carbocycles. The Kier molecular flexibility index (Phi) is 6.49. The lowest BCUT2D eigenvalue weighted by atomic mass is 10.2.